The Morgan fingerprint density at radius 3 is 2.52 bits per heavy atom. The molecule has 0 amide bonds. The van der Waals surface area contributed by atoms with Crippen LogP contribution in [0.25, 0.3) is 0 Å². The number of Topliss-reactive ketones (excluding diaryl/α,β-unsaturated/α-hetero) is 2. The van der Waals surface area contributed by atoms with Crippen LogP contribution < -0.4 is 0 Å². The van der Waals surface area contributed by atoms with E-state index in [1.165, 1.54) is 14.0 Å². The van der Waals surface area contributed by atoms with Crippen molar-refractivity contribution in [2.45, 2.75) is 91.6 Å². The summed E-state index contributed by atoms with van der Waals surface area (Å²) in [6.07, 6.45) is 5.99. The highest BCUT2D eigenvalue weighted by Gasteiger charge is 2.66. The van der Waals surface area contributed by atoms with Gasteiger partial charge in [-0.1, -0.05) is 20.8 Å². The van der Waals surface area contributed by atoms with Crippen LogP contribution in [-0.4, -0.2) is 36.7 Å². The maximum atomic E-state index is 13.9. The predicted molar refractivity (Wildman–Crippen MR) is 122 cm³/mol. The molecule has 4 aliphatic rings. The molecule has 4 fully saturated rings. The monoisotopic (exact) mass is 460 g/mol. The second-order valence-corrected chi connectivity index (χ2v) is 11.8. The highest BCUT2D eigenvalue weighted by molar-refractivity contribution is 5.87. The quantitative estimate of drug-likeness (QED) is 0.561. The molecule has 0 N–H and O–H groups in total. The minimum atomic E-state index is -0.456. The molecular formula is C27H40O6. The normalized spacial score (nSPS) is 43.2. The van der Waals surface area contributed by atoms with Crippen LogP contribution in [0.4, 0.5) is 0 Å². The molecule has 33 heavy (non-hydrogen) atoms. The Balaban J connectivity index is 1.65. The van der Waals surface area contributed by atoms with E-state index >= 15 is 0 Å². The van der Waals surface area contributed by atoms with Gasteiger partial charge in [0.1, 0.15) is 17.7 Å². The topological polar surface area (TPSA) is 86.7 Å². The first-order chi connectivity index (χ1) is 15.5. The van der Waals surface area contributed by atoms with E-state index in [4.69, 9.17) is 9.47 Å². The zero-order valence-electron chi connectivity index (χ0n) is 20.9. The Hall–Kier alpha value is -1.72. The van der Waals surface area contributed by atoms with E-state index in [1.54, 1.807) is 0 Å². The van der Waals surface area contributed by atoms with Crippen LogP contribution in [0.3, 0.4) is 0 Å². The van der Waals surface area contributed by atoms with Gasteiger partial charge in [0.2, 0.25) is 0 Å². The van der Waals surface area contributed by atoms with E-state index in [9.17, 15) is 19.2 Å². The van der Waals surface area contributed by atoms with Crippen molar-refractivity contribution in [2.24, 2.45) is 46.3 Å². The van der Waals surface area contributed by atoms with E-state index in [0.29, 0.717) is 37.2 Å². The molecule has 9 atom stereocenters. The lowest BCUT2D eigenvalue weighted by atomic mass is 9.43. The molecular weight excluding hydrogens is 420 g/mol. The molecule has 0 bridgehead atoms. The van der Waals surface area contributed by atoms with Gasteiger partial charge in [0.25, 0.3) is 0 Å². The molecule has 4 saturated carbocycles. The first kappa shape index (κ1) is 24.4. The Kier molecular flexibility index (Phi) is 6.52. The molecule has 0 aromatic rings. The van der Waals surface area contributed by atoms with Gasteiger partial charge in [0, 0.05) is 43.9 Å². The summed E-state index contributed by atoms with van der Waals surface area (Å²) in [4.78, 5) is 50.0. The van der Waals surface area contributed by atoms with E-state index < -0.39 is 5.41 Å². The minimum absolute atomic E-state index is 0.0548. The zero-order chi connectivity index (χ0) is 24.1. The number of hydrogen-bond acceptors (Lipinski definition) is 6. The van der Waals surface area contributed by atoms with Crippen molar-refractivity contribution in [1.29, 1.82) is 0 Å². The molecule has 0 spiro atoms. The molecule has 0 aromatic heterocycles. The molecule has 184 valence electrons. The first-order valence-corrected chi connectivity index (χ1v) is 12.8. The van der Waals surface area contributed by atoms with Crippen LogP contribution in [0.5, 0.6) is 0 Å². The molecule has 0 unspecified atom stereocenters. The third kappa shape index (κ3) is 3.95. The van der Waals surface area contributed by atoms with Crippen molar-refractivity contribution in [1.82, 2.24) is 0 Å². The number of hydrogen-bond donors (Lipinski definition) is 0. The fourth-order valence-electron chi connectivity index (χ4n) is 8.63. The number of carbonyl (C=O) groups excluding carboxylic acids is 4. The summed E-state index contributed by atoms with van der Waals surface area (Å²) < 4.78 is 10.8. The van der Waals surface area contributed by atoms with E-state index in [0.717, 1.165) is 32.1 Å². The van der Waals surface area contributed by atoms with Crippen LogP contribution in [0.2, 0.25) is 0 Å². The average Bonchev–Trinajstić information content (AvgIpc) is 3.11. The van der Waals surface area contributed by atoms with Gasteiger partial charge in [-0.15, -0.1) is 0 Å². The lowest BCUT2D eigenvalue weighted by molar-refractivity contribution is -0.190. The number of rotatable bonds is 5. The van der Waals surface area contributed by atoms with Crippen LogP contribution in [-0.2, 0) is 28.7 Å². The maximum Gasteiger partial charge on any atom is 0.305 e. The van der Waals surface area contributed by atoms with Crippen molar-refractivity contribution >= 4 is 23.5 Å². The number of fused-ring (bicyclic) bond motifs is 5. The Bertz CT molecular complexity index is 834. The summed E-state index contributed by atoms with van der Waals surface area (Å²) in [5, 5.41) is 0. The summed E-state index contributed by atoms with van der Waals surface area (Å²) in [5.74, 6) is 1.28. The fourth-order valence-corrected chi connectivity index (χ4v) is 8.63. The van der Waals surface area contributed by atoms with Crippen molar-refractivity contribution in [2.75, 3.05) is 7.11 Å². The summed E-state index contributed by atoms with van der Waals surface area (Å²) in [6.45, 7) is 8.06. The molecule has 0 aliphatic heterocycles. The molecule has 4 rings (SSSR count). The fraction of sp³-hybridized carbons (Fsp3) is 0.852. The molecule has 0 saturated heterocycles. The second kappa shape index (κ2) is 8.81. The third-order valence-corrected chi connectivity index (χ3v) is 10.4. The number of carbonyl (C=O) groups is 4. The highest BCUT2D eigenvalue weighted by atomic mass is 16.5. The van der Waals surface area contributed by atoms with Gasteiger partial charge in [0.15, 0.2) is 0 Å². The van der Waals surface area contributed by atoms with Gasteiger partial charge in [0.05, 0.1) is 7.11 Å². The molecule has 0 heterocycles. The van der Waals surface area contributed by atoms with Crippen LogP contribution in [0, 0.1) is 46.3 Å². The molecule has 0 radical (unpaired) electrons. The summed E-state index contributed by atoms with van der Waals surface area (Å²) in [5.41, 5.74) is -0.510. The Morgan fingerprint density at radius 2 is 1.85 bits per heavy atom. The van der Waals surface area contributed by atoms with Gasteiger partial charge in [-0.05, 0) is 67.1 Å². The number of ketones is 2. The summed E-state index contributed by atoms with van der Waals surface area (Å²) in [6, 6.07) is 0. The van der Waals surface area contributed by atoms with Gasteiger partial charge >= 0.3 is 11.9 Å². The predicted octanol–water partition coefficient (Wildman–Crippen LogP) is 4.52. The maximum absolute atomic E-state index is 13.9. The van der Waals surface area contributed by atoms with Crippen molar-refractivity contribution in [3.05, 3.63) is 0 Å². The standard InChI is InChI=1S/C27H40O6/c1-15(6-9-24(31)32-5)19-7-8-20-25-21(14-23(30)27(19,20)4)26(3)11-10-18(29)12-17(26)13-22(25)33-16(2)28/h15,17,19-22,25H,6-14H2,1-5H3/t15-,17-,19+,20-,21+,22+,25+,26-,27+/m0/s1. The van der Waals surface area contributed by atoms with E-state index in [1.807, 2.05) is 0 Å². The van der Waals surface area contributed by atoms with E-state index in [-0.39, 0.29) is 59.0 Å². The number of ether oxygens (including phenoxy) is 2. The van der Waals surface area contributed by atoms with E-state index in [2.05, 4.69) is 20.8 Å². The van der Waals surface area contributed by atoms with Crippen LogP contribution >= 0.6 is 0 Å². The smallest absolute Gasteiger partial charge is 0.305 e. The third-order valence-electron chi connectivity index (χ3n) is 10.4. The van der Waals surface area contributed by atoms with Gasteiger partial charge in [-0.3, -0.25) is 19.2 Å². The molecule has 6 nitrogen and oxygen atoms in total. The van der Waals surface area contributed by atoms with Gasteiger partial charge in [-0.25, -0.2) is 0 Å². The zero-order valence-corrected chi connectivity index (χ0v) is 20.9. The SMILES string of the molecule is COC(=O)CC[C@H](C)[C@H]1CC[C@H]2[C@@H]3[C@@H](CC(=O)[C@]12C)[C@@]1(C)CCC(=O)C[C@H]1C[C@H]3OC(C)=O. The minimum Gasteiger partial charge on any atom is -0.469 e. The van der Waals surface area contributed by atoms with Gasteiger partial charge < -0.3 is 9.47 Å². The average molecular weight is 461 g/mol. The number of methoxy groups -OCH3 is 1. The summed E-state index contributed by atoms with van der Waals surface area (Å²) in [7, 11) is 1.41. The lowest BCUT2D eigenvalue weighted by Gasteiger charge is -2.61. The second-order valence-electron chi connectivity index (χ2n) is 11.8. The summed E-state index contributed by atoms with van der Waals surface area (Å²) >= 11 is 0. The van der Waals surface area contributed by atoms with Crippen molar-refractivity contribution < 1.29 is 28.7 Å². The Labute approximate surface area is 197 Å². The first-order valence-electron chi connectivity index (χ1n) is 12.8. The number of esters is 2. The van der Waals surface area contributed by atoms with Crippen molar-refractivity contribution in [3.8, 4) is 0 Å². The highest BCUT2D eigenvalue weighted by Crippen LogP contribution is 2.67. The van der Waals surface area contributed by atoms with Gasteiger partial charge in [-0.2, -0.15) is 0 Å². The molecule has 4 aliphatic carbocycles. The van der Waals surface area contributed by atoms with Crippen LogP contribution in [0.1, 0.15) is 85.5 Å². The Morgan fingerprint density at radius 1 is 1.12 bits per heavy atom. The lowest BCUT2D eigenvalue weighted by Crippen LogP contribution is -2.61. The van der Waals surface area contributed by atoms with Crippen molar-refractivity contribution in [3.63, 3.8) is 0 Å². The molecule has 6 heteroatoms. The largest absolute Gasteiger partial charge is 0.469 e. The van der Waals surface area contributed by atoms with Crippen LogP contribution in [0.15, 0.2) is 0 Å². The molecule has 0 aromatic carbocycles.